The van der Waals surface area contributed by atoms with Gasteiger partial charge in [-0.2, -0.15) is 0 Å². The highest BCUT2D eigenvalue weighted by Crippen LogP contribution is 2.23. The fourth-order valence-corrected chi connectivity index (χ4v) is 8.31. The number of hydrogen-bond acceptors (Lipinski definition) is 8. The molecule has 0 aromatic rings. The molecule has 1 rings (SSSR count). The predicted molar refractivity (Wildman–Crippen MR) is 299 cm³/mol. The zero-order valence-electron chi connectivity index (χ0n) is 44.9. The Hall–Kier alpha value is -3.15. The van der Waals surface area contributed by atoms with Crippen LogP contribution in [0, 0.1) is 0 Å². The summed E-state index contributed by atoms with van der Waals surface area (Å²) in [5, 5.41) is 54.4. The standard InChI is InChI=1S/C62H105NO8/c1-3-5-7-9-11-13-15-17-19-21-22-23-24-25-26-27-28-29-30-31-32-33-34-36-38-40-42-44-46-48-50-52-58(66)63-55(54-70-62-61(69)60(68)59(67)57(53-64)71-62)56(65)51-49-47-45-43-41-39-37-35-20-18-16-14-12-10-8-6-4-2/h5,7,11,13,17,19-20,22-23,25-26,28-29,35,41,43,49,51,55-57,59-62,64-65,67-69H,3-4,6,8-10,12,14-16,18,21,24,27,30-34,36-40,42,44-48,50,52-54H2,1-2H3,(H,63,66)/b7-5-,13-11-,19-17-,23-22-,26-25-,29-28-,35-20+,43-41+,51-49+. The molecule has 1 aliphatic rings. The second-order valence-corrected chi connectivity index (χ2v) is 19.3. The lowest BCUT2D eigenvalue weighted by Crippen LogP contribution is -2.60. The molecule has 406 valence electrons. The fourth-order valence-electron chi connectivity index (χ4n) is 8.31. The third-order valence-corrected chi connectivity index (χ3v) is 12.8. The highest BCUT2D eigenvalue weighted by molar-refractivity contribution is 5.76. The molecule has 0 spiro atoms. The first kappa shape index (κ1) is 65.9. The normalized spacial score (nSPS) is 20.1. The molecule has 0 aliphatic carbocycles. The van der Waals surface area contributed by atoms with Crippen LogP contribution in [0.2, 0.25) is 0 Å². The molecular formula is C62H105NO8. The summed E-state index contributed by atoms with van der Waals surface area (Å²) in [6, 6.07) is -0.836. The molecule has 7 unspecified atom stereocenters. The topological polar surface area (TPSA) is 149 Å². The predicted octanol–water partition coefficient (Wildman–Crippen LogP) is 14.2. The highest BCUT2D eigenvalue weighted by atomic mass is 16.7. The molecule has 1 aliphatic heterocycles. The lowest BCUT2D eigenvalue weighted by molar-refractivity contribution is -0.302. The summed E-state index contributed by atoms with van der Waals surface area (Å²) in [5.41, 5.74) is 0. The first-order valence-electron chi connectivity index (χ1n) is 28.6. The third-order valence-electron chi connectivity index (χ3n) is 12.8. The van der Waals surface area contributed by atoms with Crippen molar-refractivity contribution in [2.45, 2.75) is 262 Å². The Morgan fingerprint density at radius 2 is 0.887 bits per heavy atom. The highest BCUT2D eigenvalue weighted by Gasteiger charge is 2.44. The molecule has 0 saturated carbocycles. The maximum Gasteiger partial charge on any atom is 0.220 e. The average Bonchev–Trinajstić information content (AvgIpc) is 3.37. The van der Waals surface area contributed by atoms with Crippen molar-refractivity contribution in [3.63, 3.8) is 0 Å². The van der Waals surface area contributed by atoms with Gasteiger partial charge in [0.1, 0.15) is 24.4 Å². The van der Waals surface area contributed by atoms with Gasteiger partial charge in [-0.25, -0.2) is 0 Å². The molecule has 0 radical (unpaired) electrons. The molecule has 0 aromatic heterocycles. The summed E-state index contributed by atoms with van der Waals surface area (Å²) in [4.78, 5) is 13.0. The van der Waals surface area contributed by atoms with Crippen LogP contribution < -0.4 is 5.32 Å². The smallest absolute Gasteiger partial charge is 0.220 e. The Morgan fingerprint density at radius 1 is 0.493 bits per heavy atom. The van der Waals surface area contributed by atoms with Crippen LogP contribution in [-0.4, -0.2) is 87.5 Å². The van der Waals surface area contributed by atoms with E-state index in [4.69, 9.17) is 9.47 Å². The van der Waals surface area contributed by atoms with Crippen molar-refractivity contribution in [1.82, 2.24) is 5.32 Å². The van der Waals surface area contributed by atoms with Gasteiger partial charge >= 0.3 is 0 Å². The monoisotopic (exact) mass is 992 g/mol. The van der Waals surface area contributed by atoms with E-state index in [9.17, 15) is 30.3 Å². The van der Waals surface area contributed by atoms with Crippen LogP contribution in [-0.2, 0) is 14.3 Å². The Morgan fingerprint density at radius 3 is 1.35 bits per heavy atom. The molecule has 71 heavy (non-hydrogen) atoms. The molecule has 0 aromatic carbocycles. The number of carbonyl (C=O) groups excluding carboxylic acids is 1. The SMILES string of the molecule is CC/C=C\C/C=C\C/C=C\C/C=C\C/C=C\C/C=C\CCCCCCCCCCCCCCC(=O)NC(COC1OC(CO)C(O)C(O)C1O)C(O)/C=C/CC/C=C/CC/C=C/CCCCCCCCC. The average molecular weight is 993 g/mol. The number of allylic oxidation sites excluding steroid dienone is 17. The van der Waals surface area contributed by atoms with E-state index < -0.39 is 49.5 Å². The molecule has 1 saturated heterocycles. The van der Waals surface area contributed by atoms with Gasteiger partial charge in [0.25, 0.3) is 0 Å². The number of unbranched alkanes of at least 4 members (excludes halogenated alkanes) is 21. The number of aliphatic hydroxyl groups is 5. The van der Waals surface area contributed by atoms with Crippen LogP contribution in [0.3, 0.4) is 0 Å². The fraction of sp³-hybridized carbons (Fsp3) is 0.694. The van der Waals surface area contributed by atoms with E-state index in [-0.39, 0.29) is 12.5 Å². The van der Waals surface area contributed by atoms with E-state index in [2.05, 4.69) is 116 Å². The summed E-state index contributed by atoms with van der Waals surface area (Å²) in [6.45, 7) is 3.63. The first-order chi connectivity index (χ1) is 34.8. The summed E-state index contributed by atoms with van der Waals surface area (Å²) >= 11 is 0. The number of carbonyl (C=O) groups is 1. The van der Waals surface area contributed by atoms with Gasteiger partial charge < -0.3 is 40.3 Å². The molecule has 7 atom stereocenters. The molecule has 1 heterocycles. The van der Waals surface area contributed by atoms with Gasteiger partial charge in [-0.3, -0.25) is 4.79 Å². The van der Waals surface area contributed by atoms with E-state index in [1.54, 1.807) is 6.08 Å². The second-order valence-electron chi connectivity index (χ2n) is 19.3. The van der Waals surface area contributed by atoms with Gasteiger partial charge in [-0.05, 0) is 96.3 Å². The number of amides is 1. The van der Waals surface area contributed by atoms with E-state index >= 15 is 0 Å². The quantitative estimate of drug-likeness (QED) is 0.0261. The molecule has 0 bridgehead atoms. The van der Waals surface area contributed by atoms with Crippen molar-refractivity contribution >= 4 is 5.91 Å². The van der Waals surface area contributed by atoms with Crippen molar-refractivity contribution in [2.24, 2.45) is 0 Å². The van der Waals surface area contributed by atoms with Crippen molar-refractivity contribution < 1.29 is 39.8 Å². The Bertz CT molecular complexity index is 1480. The molecule has 1 amide bonds. The molecule has 9 nitrogen and oxygen atoms in total. The minimum absolute atomic E-state index is 0.198. The minimum Gasteiger partial charge on any atom is -0.394 e. The number of aliphatic hydroxyl groups excluding tert-OH is 5. The van der Waals surface area contributed by atoms with Crippen LogP contribution in [0.4, 0.5) is 0 Å². The van der Waals surface area contributed by atoms with E-state index in [0.717, 1.165) is 96.3 Å². The van der Waals surface area contributed by atoms with Crippen molar-refractivity contribution in [1.29, 1.82) is 0 Å². The van der Waals surface area contributed by atoms with Crippen LogP contribution >= 0.6 is 0 Å². The molecule has 9 heteroatoms. The molecular weight excluding hydrogens is 887 g/mol. The van der Waals surface area contributed by atoms with Crippen molar-refractivity contribution in [2.75, 3.05) is 13.2 Å². The maximum absolute atomic E-state index is 13.0. The maximum atomic E-state index is 13.0. The number of ether oxygens (including phenoxy) is 2. The van der Waals surface area contributed by atoms with E-state index in [1.165, 1.54) is 103 Å². The van der Waals surface area contributed by atoms with E-state index in [1.807, 2.05) is 6.08 Å². The Kier molecular flexibility index (Phi) is 46.7. The molecule has 6 N–H and O–H groups in total. The van der Waals surface area contributed by atoms with Gasteiger partial charge in [-0.1, -0.05) is 226 Å². The lowest BCUT2D eigenvalue weighted by Gasteiger charge is -2.40. The summed E-state index contributed by atoms with van der Waals surface area (Å²) in [5.74, 6) is -0.198. The number of hydrogen-bond donors (Lipinski definition) is 6. The largest absolute Gasteiger partial charge is 0.394 e. The van der Waals surface area contributed by atoms with Gasteiger partial charge in [0.05, 0.1) is 25.4 Å². The first-order valence-corrected chi connectivity index (χ1v) is 28.6. The Labute approximate surface area is 434 Å². The number of rotatable bonds is 47. The zero-order valence-corrected chi connectivity index (χ0v) is 44.9. The van der Waals surface area contributed by atoms with Crippen LogP contribution in [0.15, 0.2) is 109 Å². The van der Waals surface area contributed by atoms with Gasteiger partial charge in [0, 0.05) is 6.42 Å². The Balaban J connectivity index is 2.23. The van der Waals surface area contributed by atoms with Gasteiger partial charge in [-0.15, -0.1) is 0 Å². The van der Waals surface area contributed by atoms with Crippen molar-refractivity contribution in [3.8, 4) is 0 Å². The zero-order chi connectivity index (χ0) is 51.5. The summed E-state index contributed by atoms with van der Waals surface area (Å²) in [7, 11) is 0. The van der Waals surface area contributed by atoms with Crippen LogP contribution in [0.25, 0.3) is 0 Å². The number of nitrogens with one attached hydrogen (secondary N) is 1. The molecule has 1 fully saturated rings. The second kappa shape index (κ2) is 50.4. The minimum atomic E-state index is -1.58. The van der Waals surface area contributed by atoms with Crippen LogP contribution in [0.1, 0.15) is 219 Å². The van der Waals surface area contributed by atoms with Gasteiger partial charge in [0.15, 0.2) is 6.29 Å². The summed E-state index contributed by atoms with van der Waals surface area (Å²) in [6.07, 6.45) is 67.2. The third kappa shape index (κ3) is 40.0. The van der Waals surface area contributed by atoms with E-state index in [0.29, 0.717) is 6.42 Å². The van der Waals surface area contributed by atoms with Crippen LogP contribution in [0.5, 0.6) is 0 Å². The lowest BCUT2D eigenvalue weighted by atomic mass is 9.99. The summed E-state index contributed by atoms with van der Waals surface area (Å²) < 4.78 is 11.2. The van der Waals surface area contributed by atoms with Gasteiger partial charge in [0.2, 0.25) is 5.91 Å². The van der Waals surface area contributed by atoms with Crippen molar-refractivity contribution in [3.05, 3.63) is 109 Å².